The largest absolute Gasteiger partial charge is 0.338 e. The quantitative estimate of drug-likeness (QED) is 0.420. The number of benzene rings is 2. The molecule has 4 aromatic rings. The Hall–Kier alpha value is -3.49. The molecule has 34 heavy (non-hydrogen) atoms. The Morgan fingerprint density at radius 3 is 2.56 bits per heavy atom. The van der Waals surface area contributed by atoms with Gasteiger partial charge in [0, 0.05) is 43.0 Å². The normalized spacial score (nSPS) is 14.5. The molecule has 0 radical (unpaired) electrons. The lowest BCUT2D eigenvalue weighted by Crippen LogP contribution is -2.48. The molecule has 1 amide bonds. The van der Waals surface area contributed by atoms with E-state index < -0.39 is 0 Å². The highest BCUT2D eigenvalue weighted by molar-refractivity contribution is 6.31. The lowest BCUT2D eigenvalue weighted by molar-refractivity contribution is 0.0615. The molecular weight excluding hydrogens is 452 g/mol. The van der Waals surface area contributed by atoms with Gasteiger partial charge in [-0.1, -0.05) is 64.8 Å². The zero-order valence-electron chi connectivity index (χ0n) is 18.9. The highest BCUT2D eigenvalue weighted by Crippen LogP contribution is 2.19. The van der Waals surface area contributed by atoms with E-state index >= 15 is 0 Å². The van der Waals surface area contributed by atoms with Crippen LogP contribution >= 0.6 is 11.6 Å². The smallest absolute Gasteiger partial charge is 0.257 e. The van der Waals surface area contributed by atoms with E-state index in [1.165, 1.54) is 5.56 Å². The second-order valence-electron chi connectivity index (χ2n) is 8.46. The SMILES string of the molecule is Cc1ccc(-c2noc(CN3CCN(C(=O)c4cnn(Cc5ccccc5Cl)c4)CC3)n2)cc1. The molecule has 0 atom stereocenters. The Balaban J connectivity index is 1.14. The molecule has 174 valence electrons. The number of aryl methyl sites for hydroxylation is 1. The summed E-state index contributed by atoms with van der Waals surface area (Å²) in [7, 11) is 0. The number of piperazine rings is 1. The van der Waals surface area contributed by atoms with Gasteiger partial charge < -0.3 is 9.42 Å². The Bertz CT molecular complexity index is 1270. The summed E-state index contributed by atoms with van der Waals surface area (Å²) in [5.41, 5.74) is 3.67. The molecule has 1 saturated heterocycles. The van der Waals surface area contributed by atoms with Crippen LogP contribution in [0.5, 0.6) is 0 Å². The van der Waals surface area contributed by atoms with Crippen LogP contribution in [-0.2, 0) is 13.1 Å². The molecule has 0 unspecified atom stereocenters. The van der Waals surface area contributed by atoms with Crippen molar-refractivity contribution in [1.29, 1.82) is 0 Å². The molecule has 1 aliphatic rings. The standard InChI is InChI=1S/C25H25ClN6O2/c1-18-6-8-19(9-7-18)24-28-23(34-29-24)17-30-10-12-31(13-11-30)25(33)21-14-27-32(16-21)15-20-4-2-3-5-22(20)26/h2-9,14,16H,10-13,15,17H2,1H3. The van der Waals surface area contributed by atoms with Crippen LogP contribution in [0.15, 0.2) is 65.4 Å². The summed E-state index contributed by atoms with van der Waals surface area (Å²) in [4.78, 5) is 21.6. The summed E-state index contributed by atoms with van der Waals surface area (Å²) in [5.74, 6) is 1.17. The summed E-state index contributed by atoms with van der Waals surface area (Å²) in [5, 5.41) is 9.14. The predicted molar refractivity (Wildman–Crippen MR) is 128 cm³/mol. The van der Waals surface area contributed by atoms with Crippen molar-refractivity contribution in [1.82, 2.24) is 29.7 Å². The average Bonchev–Trinajstić information content (AvgIpc) is 3.51. The third-order valence-corrected chi connectivity index (χ3v) is 6.34. The van der Waals surface area contributed by atoms with Crippen LogP contribution in [0.1, 0.15) is 27.4 Å². The fourth-order valence-corrected chi connectivity index (χ4v) is 4.18. The zero-order valence-corrected chi connectivity index (χ0v) is 19.6. The van der Waals surface area contributed by atoms with E-state index in [9.17, 15) is 4.79 Å². The number of rotatable bonds is 6. The molecule has 2 aromatic heterocycles. The van der Waals surface area contributed by atoms with Gasteiger partial charge >= 0.3 is 0 Å². The number of amides is 1. The minimum Gasteiger partial charge on any atom is -0.338 e. The molecule has 5 rings (SSSR count). The Kier molecular flexibility index (Phi) is 6.42. The molecule has 9 heteroatoms. The number of carbonyl (C=O) groups excluding carboxylic acids is 1. The van der Waals surface area contributed by atoms with Crippen molar-refractivity contribution in [3.8, 4) is 11.4 Å². The predicted octanol–water partition coefficient (Wildman–Crippen LogP) is 3.90. The maximum Gasteiger partial charge on any atom is 0.257 e. The van der Waals surface area contributed by atoms with Gasteiger partial charge in [0.1, 0.15) is 0 Å². The van der Waals surface area contributed by atoms with Gasteiger partial charge in [-0.3, -0.25) is 14.4 Å². The first-order chi connectivity index (χ1) is 16.5. The molecule has 0 saturated carbocycles. The van der Waals surface area contributed by atoms with E-state index in [4.69, 9.17) is 16.1 Å². The van der Waals surface area contributed by atoms with Gasteiger partial charge in [-0.25, -0.2) is 0 Å². The van der Waals surface area contributed by atoms with Crippen molar-refractivity contribution >= 4 is 17.5 Å². The van der Waals surface area contributed by atoms with Crippen LogP contribution in [0.25, 0.3) is 11.4 Å². The summed E-state index contributed by atoms with van der Waals surface area (Å²) < 4.78 is 7.19. The minimum atomic E-state index is -0.00972. The van der Waals surface area contributed by atoms with Gasteiger partial charge in [-0.15, -0.1) is 0 Å². The number of carbonyl (C=O) groups is 1. The summed E-state index contributed by atoms with van der Waals surface area (Å²) in [6, 6.07) is 15.7. The molecule has 0 bridgehead atoms. The highest BCUT2D eigenvalue weighted by Gasteiger charge is 2.24. The molecule has 1 fully saturated rings. The molecule has 1 aliphatic heterocycles. The molecule has 8 nitrogen and oxygen atoms in total. The number of nitrogens with zero attached hydrogens (tertiary/aromatic N) is 6. The number of halogens is 1. The van der Waals surface area contributed by atoms with Gasteiger partial charge in [0.05, 0.1) is 24.8 Å². The summed E-state index contributed by atoms with van der Waals surface area (Å²) in [6.07, 6.45) is 3.40. The topological polar surface area (TPSA) is 80.3 Å². The lowest BCUT2D eigenvalue weighted by atomic mass is 10.1. The summed E-state index contributed by atoms with van der Waals surface area (Å²) in [6.45, 7) is 5.87. The Labute approximate surface area is 202 Å². The van der Waals surface area contributed by atoms with Crippen LogP contribution in [0.4, 0.5) is 0 Å². The number of hydrogen-bond acceptors (Lipinski definition) is 6. The van der Waals surface area contributed by atoms with E-state index in [2.05, 4.69) is 20.1 Å². The van der Waals surface area contributed by atoms with Crippen molar-refractivity contribution < 1.29 is 9.32 Å². The van der Waals surface area contributed by atoms with Gasteiger partial charge in [0.25, 0.3) is 5.91 Å². The van der Waals surface area contributed by atoms with Gasteiger partial charge in [0.15, 0.2) is 0 Å². The Morgan fingerprint density at radius 1 is 1.03 bits per heavy atom. The first-order valence-corrected chi connectivity index (χ1v) is 11.6. The number of aromatic nitrogens is 4. The van der Waals surface area contributed by atoms with Gasteiger partial charge in [-0.05, 0) is 18.6 Å². The van der Waals surface area contributed by atoms with Crippen LogP contribution in [-0.4, -0.2) is 61.8 Å². The Morgan fingerprint density at radius 2 is 1.79 bits per heavy atom. The van der Waals surface area contributed by atoms with Crippen LogP contribution in [0.3, 0.4) is 0 Å². The second kappa shape index (κ2) is 9.79. The summed E-state index contributed by atoms with van der Waals surface area (Å²) >= 11 is 6.24. The first-order valence-electron chi connectivity index (χ1n) is 11.2. The van der Waals surface area contributed by atoms with E-state index in [0.717, 1.165) is 24.2 Å². The van der Waals surface area contributed by atoms with Crippen LogP contribution in [0.2, 0.25) is 5.02 Å². The maximum atomic E-state index is 13.0. The van der Waals surface area contributed by atoms with Crippen molar-refractivity contribution in [2.45, 2.75) is 20.0 Å². The van der Waals surface area contributed by atoms with E-state index in [0.29, 0.717) is 48.5 Å². The van der Waals surface area contributed by atoms with E-state index in [1.807, 2.05) is 60.4 Å². The molecule has 0 spiro atoms. The second-order valence-corrected chi connectivity index (χ2v) is 8.87. The van der Waals surface area contributed by atoms with E-state index in [-0.39, 0.29) is 5.91 Å². The van der Waals surface area contributed by atoms with Crippen molar-refractivity contribution in [3.63, 3.8) is 0 Å². The molecule has 0 N–H and O–H groups in total. The van der Waals surface area contributed by atoms with Crippen LogP contribution in [0, 0.1) is 6.92 Å². The van der Waals surface area contributed by atoms with Gasteiger partial charge in [-0.2, -0.15) is 10.1 Å². The molecular formula is C25H25ClN6O2. The third kappa shape index (κ3) is 5.03. The minimum absolute atomic E-state index is 0.00972. The van der Waals surface area contributed by atoms with E-state index in [1.54, 1.807) is 17.1 Å². The van der Waals surface area contributed by atoms with Crippen molar-refractivity contribution in [2.24, 2.45) is 0 Å². The van der Waals surface area contributed by atoms with Gasteiger partial charge in [0.2, 0.25) is 11.7 Å². The fourth-order valence-electron chi connectivity index (χ4n) is 3.98. The van der Waals surface area contributed by atoms with Crippen molar-refractivity contribution in [2.75, 3.05) is 26.2 Å². The fraction of sp³-hybridized carbons (Fsp3) is 0.280. The highest BCUT2D eigenvalue weighted by atomic mass is 35.5. The monoisotopic (exact) mass is 476 g/mol. The van der Waals surface area contributed by atoms with Crippen molar-refractivity contribution in [3.05, 3.63) is 88.5 Å². The molecule has 0 aliphatic carbocycles. The zero-order chi connectivity index (χ0) is 23.5. The first kappa shape index (κ1) is 22.3. The molecule has 3 heterocycles. The lowest BCUT2D eigenvalue weighted by Gasteiger charge is -2.33. The van der Waals surface area contributed by atoms with Crippen LogP contribution < -0.4 is 0 Å². The number of hydrogen-bond donors (Lipinski definition) is 0. The molecule has 2 aromatic carbocycles. The average molecular weight is 477 g/mol. The third-order valence-electron chi connectivity index (χ3n) is 5.97. The maximum absolute atomic E-state index is 13.0.